The Morgan fingerprint density at radius 3 is 1.88 bits per heavy atom. The van der Waals surface area contributed by atoms with Gasteiger partial charge in [-0.2, -0.15) is 0 Å². The zero-order chi connectivity index (χ0) is 17.6. The largest absolute Gasteiger partial charge is 0.573 e. The van der Waals surface area contributed by atoms with Crippen LogP contribution in [-0.2, 0) is 20.4 Å². The standard InChI is InChI=1S/C17H22F3OP.CH2Cl.Pd/c18-17(19,20)21-13-6-5-11-16(12-13)22(14-7-1-2-8-14)15-9-3-4-10-15;1-2;/h5-6,11-12,14-15H,1-4,7-10H2;1H2;/q;-1;. The van der Waals surface area contributed by atoms with Crippen molar-refractivity contribution in [2.24, 2.45) is 0 Å². The molecule has 2 aliphatic carbocycles. The summed E-state index contributed by atoms with van der Waals surface area (Å²) in [6.45, 7) is 0. The summed E-state index contributed by atoms with van der Waals surface area (Å²) in [6.07, 6.45) is 8.17. The zero-order valence-corrected chi connectivity index (χ0v) is 17.2. The molecule has 0 heterocycles. The van der Waals surface area contributed by atoms with E-state index >= 15 is 0 Å². The van der Waals surface area contributed by atoms with Crippen LogP contribution in [0, 0.1) is 6.38 Å². The van der Waals surface area contributed by atoms with Crippen LogP contribution in [0.1, 0.15) is 51.4 Å². The van der Waals surface area contributed by atoms with Gasteiger partial charge in [0.1, 0.15) is 5.75 Å². The normalized spacial score (nSPS) is 18.6. The van der Waals surface area contributed by atoms with Crippen molar-refractivity contribution in [3.8, 4) is 5.75 Å². The van der Waals surface area contributed by atoms with Gasteiger partial charge in [0.25, 0.3) is 0 Å². The van der Waals surface area contributed by atoms with E-state index < -0.39 is 6.36 Å². The molecule has 0 amide bonds. The fraction of sp³-hybridized carbons (Fsp3) is 0.611. The van der Waals surface area contributed by atoms with Crippen LogP contribution in [0.3, 0.4) is 0 Å². The molecular weight excluding hydrogens is 462 g/mol. The van der Waals surface area contributed by atoms with E-state index in [0.717, 1.165) is 5.30 Å². The van der Waals surface area contributed by atoms with Crippen molar-refractivity contribution in [1.82, 2.24) is 0 Å². The van der Waals surface area contributed by atoms with Gasteiger partial charge in [-0.3, -0.25) is 6.38 Å². The van der Waals surface area contributed by atoms with Gasteiger partial charge in [0.15, 0.2) is 0 Å². The fourth-order valence-electron chi connectivity index (χ4n) is 3.93. The van der Waals surface area contributed by atoms with E-state index in [1.54, 1.807) is 12.1 Å². The molecule has 2 aliphatic rings. The predicted octanol–water partition coefficient (Wildman–Crippen LogP) is 6.59. The minimum Gasteiger partial charge on any atom is -0.406 e. The second kappa shape index (κ2) is 11.1. The molecule has 1 nitrogen and oxygen atoms in total. The van der Waals surface area contributed by atoms with Gasteiger partial charge in [-0.05, 0) is 54.4 Å². The maximum atomic E-state index is 12.5. The third-order valence-corrected chi connectivity index (χ3v) is 8.27. The van der Waals surface area contributed by atoms with Gasteiger partial charge >= 0.3 is 6.36 Å². The van der Waals surface area contributed by atoms with Crippen LogP contribution in [-0.4, -0.2) is 17.7 Å². The first-order chi connectivity index (χ1) is 11.5. The van der Waals surface area contributed by atoms with Gasteiger partial charge in [0.05, 0.1) is 0 Å². The molecule has 3 rings (SSSR count). The number of ether oxygens (including phenoxy) is 1. The Labute approximate surface area is 168 Å². The van der Waals surface area contributed by atoms with Gasteiger partial charge in [-0.15, -0.1) is 13.2 Å². The predicted molar refractivity (Wildman–Crippen MR) is 95.4 cm³/mol. The molecule has 0 spiro atoms. The number of alkyl halides is 3. The van der Waals surface area contributed by atoms with Crippen molar-refractivity contribution < 1.29 is 38.3 Å². The summed E-state index contributed by atoms with van der Waals surface area (Å²) >= 11 is 4.39. The Bertz CT molecular complexity index is 487. The molecule has 2 fully saturated rings. The average molecular weight is 486 g/mol. The second-order valence-corrected chi connectivity index (χ2v) is 9.12. The quantitative estimate of drug-likeness (QED) is 0.265. The molecule has 25 heavy (non-hydrogen) atoms. The van der Waals surface area contributed by atoms with Crippen LogP contribution in [0.4, 0.5) is 13.2 Å². The molecule has 0 aromatic heterocycles. The van der Waals surface area contributed by atoms with E-state index in [0.29, 0.717) is 11.3 Å². The molecule has 1 aromatic carbocycles. The molecule has 7 heteroatoms. The molecular formula is C18H24ClF3OPPd-. The van der Waals surface area contributed by atoms with E-state index in [4.69, 9.17) is 0 Å². The van der Waals surface area contributed by atoms with Crippen LogP contribution in [0.25, 0.3) is 0 Å². The number of benzene rings is 1. The van der Waals surface area contributed by atoms with Crippen molar-refractivity contribution in [1.29, 1.82) is 0 Å². The van der Waals surface area contributed by atoms with E-state index in [1.165, 1.54) is 57.4 Å². The summed E-state index contributed by atoms with van der Waals surface area (Å²) in [6, 6.07) is 6.80. The molecule has 0 atom stereocenters. The minimum atomic E-state index is -4.61. The Balaban J connectivity index is 0.00000101. The van der Waals surface area contributed by atoms with E-state index in [1.807, 2.05) is 6.07 Å². The third-order valence-electron chi connectivity index (χ3n) is 4.79. The molecule has 2 saturated carbocycles. The van der Waals surface area contributed by atoms with Gasteiger partial charge in [0.2, 0.25) is 0 Å². The summed E-state index contributed by atoms with van der Waals surface area (Å²) in [5, 5.41) is 1.11. The maximum absolute atomic E-state index is 12.5. The summed E-state index contributed by atoms with van der Waals surface area (Å²) in [5.41, 5.74) is 1.39. The van der Waals surface area contributed by atoms with E-state index in [9.17, 15) is 13.2 Å². The molecule has 1 aromatic rings. The summed E-state index contributed by atoms with van der Waals surface area (Å²) < 4.78 is 41.5. The molecule has 0 saturated heterocycles. The molecule has 0 unspecified atom stereocenters. The Hall–Kier alpha value is 0.192. The van der Waals surface area contributed by atoms with Crippen LogP contribution in [0.2, 0.25) is 0 Å². The molecule has 0 aliphatic heterocycles. The first-order valence-electron chi connectivity index (χ1n) is 8.44. The Morgan fingerprint density at radius 1 is 0.960 bits per heavy atom. The van der Waals surface area contributed by atoms with E-state index in [2.05, 4.69) is 22.7 Å². The SMILES string of the molecule is FC(F)(F)Oc1cccc(P(C2CCCC2)C2CCCC2)c1.[CH2-]Cl.[Pd]. The van der Waals surface area contributed by atoms with Crippen LogP contribution >= 0.6 is 19.5 Å². The van der Waals surface area contributed by atoms with Crippen LogP contribution in [0.15, 0.2) is 24.3 Å². The van der Waals surface area contributed by atoms with Crippen molar-refractivity contribution in [2.45, 2.75) is 69.0 Å². The number of hydrogen-bond acceptors (Lipinski definition) is 1. The molecule has 146 valence electrons. The first kappa shape index (κ1) is 23.2. The number of rotatable bonds is 4. The zero-order valence-electron chi connectivity index (χ0n) is 14.0. The first-order valence-corrected chi connectivity index (χ1v) is 10.5. The number of hydrogen-bond donors (Lipinski definition) is 0. The van der Waals surface area contributed by atoms with Crippen LogP contribution < -0.4 is 10.0 Å². The fourth-order valence-corrected chi connectivity index (χ4v) is 7.74. The number of halogens is 4. The monoisotopic (exact) mass is 485 g/mol. The minimum absolute atomic E-state index is 0. The topological polar surface area (TPSA) is 9.23 Å². The van der Waals surface area contributed by atoms with Gasteiger partial charge in [-0.25, -0.2) is 0 Å². The van der Waals surface area contributed by atoms with Gasteiger partial charge in [0, 0.05) is 20.4 Å². The van der Waals surface area contributed by atoms with E-state index in [-0.39, 0.29) is 34.1 Å². The second-order valence-electron chi connectivity index (χ2n) is 6.33. The smallest absolute Gasteiger partial charge is 0.406 e. The van der Waals surface area contributed by atoms with Crippen LogP contribution in [0.5, 0.6) is 5.75 Å². The average Bonchev–Trinajstić information content (AvgIpc) is 3.22. The van der Waals surface area contributed by atoms with Gasteiger partial charge in [-0.1, -0.05) is 45.7 Å². The molecule has 0 N–H and O–H groups in total. The van der Waals surface area contributed by atoms with Crippen molar-refractivity contribution >= 4 is 24.8 Å². The summed E-state index contributed by atoms with van der Waals surface area (Å²) in [4.78, 5) is 0. The van der Waals surface area contributed by atoms with Gasteiger partial charge < -0.3 is 16.3 Å². The Kier molecular flexibility index (Phi) is 10.3. The summed E-state index contributed by atoms with van der Waals surface area (Å²) in [7, 11) is -0.363. The van der Waals surface area contributed by atoms with Crippen molar-refractivity contribution in [3.63, 3.8) is 0 Å². The maximum Gasteiger partial charge on any atom is 0.573 e. The molecule has 0 bridgehead atoms. The summed E-state index contributed by atoms with van der Waals surface area (Å²) in [5.74, 6) is -0.0616. The van der Waals surface area contributed by atoms with Crippen molar-refractivity contribution in [2.75, 3.05) is 0 Å². The molecule has 0 radical (unpaired) electrons. The Morgan fingerprint density at radius 2 is 1.44 bits per heavy atom. The third kappa shape index (κ3) is 7.02. The van der Waals surface area contributed by atoms with Crippen molar-refractivity contribution in [3.05, 3.63) is 30.6 Å².